The zero-order chi connectivity index (χ0) is 10.3. The molecule has 0 aromatic heterocycles. The van der Waals surface area contributed by atoms with Gasteiger partial charge in [0.2, 0.25) is 0 Å². The van der Waals surface area contributed by atoms with E-state index in [0.717, 1.165) is 11.3 Å². The molecule has 2 rings (SSSR count). The summed E-state index contributed by atoms with van der Waals surface area (Å²) >= 11 is 0. The van der Waals surface area contributed by atoms with Gasteiger partial charge in [-0.2, -0.15) is 0 Å². The van der Waals surface area contributed by atoms with E-state index in [0.29, 0.717) is 11.8 Å². The third-order valence-electron chi connectivity index (χ3n) is 2.88. The number of benzene rings is 1. The van der Waals surface area contributed by atoms with Gasteiger partial charge in [-0.3, -0.25) is 0 Å². The van der Waals surface area contributed by atoms with Crippen LogP contribution in [-0.2, 0) is 0 Å². The van der Waals surface area contributed by atoms with Gasteiger partial charge in [-0.1, -0.05) is 20.8 Å². The maximum Gasteiger partial charge on any atom is 0.123 e. The van der Waals surface area contributed by atoms with Gasteiger partial charge in [0, 0.05) is 11.5 Å². The second-order valence-electron chi connectivity index (χ2n) is 4.30. The Labute approximate surface area is 83.9 Å². The molecule has 0 saturated heterocycles. The highest BCUT2D eigenvalue weighted by atomic mass is 19.1. The van der Waals surface area contributed by atoms with Crippen molar-refractivity contribution in [1.29, 1.82) is 0 Å². The van der Waals surface area contributed by atoms with E-state index >= 15 is 0 Å². The molecular weight excluding hydrogens is 179 g/mol. The Hall–Kier alpha value is -1.05. The van der Waals surface area contributed by atoms with E-state index in [1.165, 1.54) is 6.07 Å². The minimum absolute atomic E-state index is 0.177. The number of ether oxygens (including phenoxy) is 1. The Morgan fingerprint density at radius 1 is 1.36 bits per heavy atom. The standard InChI is InChI=1S/C12H15FO/c1-7(2)12-8(3)10-6-9(13)4-5-11(10)14-12/h4-8,12H,1-3H3. The second-order valence-corrected chi connectivity index (χ2v) is 4.30. The van der Waals surface area contributed by atoms with Crippen molar-refractivity contribution in [3.8, 4) is 5.75 Å². The van der Waals surface area contributed by atoms with E-state index in [9.17, 15) is 4.39 Å². The summed E-state index contributed by atoms with van der Waals surface area (Å²) in [5, 5.41) is 0. The predicted molar refractivity (Wildman–Crippen MR) is 54.1 cm³/mol. The fraction of sp³-hybridized carbons (Fsp3) is 0.500. The van der Waals surface area contributed by atoms with Gasteiger partial charge in [-0.25, -0.2) is 4.39 Å². The van der Waals surface area contributed by atoms with Crippen LogP contribution in [0.25, 0.3) is 0 Å². The van der Waals surface area contributed by atoms with E-state index in [-0.39, 0.29) is 11.9 Å². The van der Waals surface area contributed by atoms with Crippen LogP contribution in [0.3, 0.4) is 0 Å². The van der Waals surface area contributed by atoms with Crippen molar-refractivity contribution < 1.29 is 9.13 Å². The summed E-state index contributed by atoms with van der Waals surface area (Å²) in [6, 6.07) is 4.76. The third-order valence-corrected chi connectivity index (χ3v) is 2.88. The molecule has 0 N–H and O–H groups in total. The highest BCUT2D eigenvalue weighted by molar-refractivity contribution is 5.41. The number of halogens is 1. The zero-order valence-corrected chi connectivity index (χ0v) is 8.75. The first-order valence-electron chi connectivity index (χ1n) is 5.05. The van der Waals surface area contributed by atoms with Crippen LogP contribution in [0.4, 0.5) is 4.39 Å². The van der Waals surface area contributed by atoms with Crippen LogP contribution in [0.1, 0.15) is 32.3 Å². The van der Waals surface area contributed by atoms with E-state index in [1.54, 1.807) is 12.1 Å². The second kappa shape index (κ2) is 3.26. The minimum atomic E-state index is -0.177. The van der Waals surface area contributed by atoms with Crippen molar-refractivity contribution >= 4 is 0 Å². The van der Waals surface area contributed by atoms with Crippen LogP contribution in [0.15, 0.2) is 18.2 Å². The summed E-state index contributed by atoms with van der Waals surface area (Å²) in [4.78, 5) is 0. The van der Waals surface area contributed by atoms with Crippen LogP contribution in [0, 0.1) is 11.7 Å². The van der Waals surface area contributed by atoms with Crippen molar-refractivity contribution in [3.63, 3.8) is 0 Å². The summed E-state index contributed by atoms with van der Waals surface area (Å²) in [6.45, 7) is 6.35. The molecule has 1 aliphatic rings. The average molecular weight is 194 g/mol. The molecule has 2 heteroatoms. The fourth-order valence-corrected chi connectivity index (χ4v) is 2.12. The van der Waals surface area contributed by atoms with E-state index < -0.39 is 0 Å². The van der Waals surface area contributed by atoms with Crippen molar-refractivity contribution in [2.75, 3.05) is 0 Å². The first kappa shape index (κ1) is 9.50. The number of hydrogen-bond donors (Lipinski definition) is 0. The zero-order valence-electron chi connectivity index (χ0n) is 8.75. The molecule has 1 aromatic rings. The van der Waals surface area contributed by atoms with Gasteiger partial charge in [-0.05, 0) is 24.1 Å². The fourth-order valence-electron chi connectivity index (χ4n) is 2.12. The van der Waals surface area contributed by atoms with Gasteiger partial charge in [0.05, 0.1) is 0 Å². The molecule has 0 saturated carbocycles. The third kappa shape index (κ3) is 1.39. The molecule has 1 aromatic carbocycles. The summed E-state index contributed by atoms with van der Waals surface area (Å²) in [7, 11) is 0. The smallest absolute Gasteiger partial charge is 0.123 e. The van der Waals surface area contributed by atoms with E-state index in [4.69, 9.17) is 4.74 Å². The maximum absolute atomic E-state index is 13.0. The van der Waals surface area contributed by atoms with Crippen LogP contribution in [0.2, 0.25) is 0 Å². The van der Waals surface area contributed by atoms with Crippen LogP contribution < -0.4 is 4.74 Å². The Kier molecular flexibility index (Phi) is 2.22. The summed E-state index contributed by atoms with van der Waals surface area (Å²) in [5.41, 5.74) is 1.00. The molecule has 1 aliphatic heterocycles. The summed E-state index contributed by atoms with van der Waals surface area (Å²) in [5.74, 6) is 1.42. The first-order valence-corrected chi connectivity index (χ1v) is 5.05. The van der Waals surface area contributed by atoms with Gasteiger partial charge >= 0.3 is 0 Å². The quantitative estimate of drug-likeness (QED) is 0.666. The van der Waals surface area contributed by atoms with Crippen molar-refractivity contribution in [2.45, 2.75) is 32.8 Å². The van der Waals surface area contributed by atoms with Gasteiger partial charge in [0.1, 0.15) is 17.7 Å². The minimum Gasteiger partial charge on any atom is -0.489 e. The van der Waals surface area contributed by atoms with Gasteiger partial charge in [-0.15, -0.1) is 0 Å². The lowest BCUT2D eigenvalue weighted by Gasteiger charge is -2.18. The van der Waals surface area contributed by atoms with Crippen LogP contribution >= 0.6 is 0 Å². The highest BCUT2D eigenvalue weighted by Gasteiger charge is 2.33. The van der Waals surface area contributed by atoms with Crippen molar-refractivity contribution in [1.82, 2.24) is 0 Å². The molecule has 14 heavy (non-hydrogen) atoms. The largest absolute Gasteiger partial charge is 0.489 e. The van der Waals surface area contributed by atoms with Gasteiger partial charge in [0.15, 0.2) is 0 Å². The van der Waals surface area contributed by atoms with E-state index in [1.807, 2.05) is 0 Å². The number of hydrogen-bond acceptors (Lipinski definition) is 1. The molecule has 0 fully saturated rings. The molecule has 0 amide bonds. The maximum atomic E-state index is 13.0. The van der Waals surface area contributed by atoms with Crippen LogP contribution in [-0.4, -0.2) is 6.10 Å². The summed E-state index contributed by atoms with van der Waals surface area (Å²) < 4.78 is 18.8. The molecular formula is C12H15FO. The molecule has 2 unspecified atom stereocenters. The monoisotopic (exact) mass is 194 g/mol. The Balaban J connectivity index is 2.36. The van der Waals surface area contributed by atoms with Gasteiger partial charge in [0.25, 0.3) is 0 Å². The van der Waals surface area contributed by atoms with Crippen LogP contribution in [0.5, 0.6) is 5.75 Å². The topological polar surface area (TPSA) is 9.23 Å². The summed E-state index contributed by atoms with van der Waals surface area (Å²) in [6.07, 6.45) is 0.187. The molecule has 2 atom stereocenters. The Morgan fingerprint density at radius 2 is 2.07 bits per heavy atom. The van der Waals surface area contributed by atoms with Gasteiger partial charge < -0.3 is 4.74 Å². The molecule has 76 valence electrons. The highest BCUT2D eigenvalue weighted by Crippen LogP contribution is 2.40. The molecule has 1 nitrogen and oxygen atoms in total. The number of fused-ring (bicyclic) bond motifs is 1. The average Bonchev–Trinajstić information content (AvgIpc) is 2.44. The van der Waals surface area contributed by atoms with Crippen molar-refractivity contribution in [2.24, 2.45) is 5.92 Å². The van der Waals surface area contributed by atoms with Crippen molar-refractivity contribution in [3.05, 3.63) is 29.6 Å². The Bertz CT molecular complexity index is 346. The molecule has 1 heterocycles. The van der Waals surface area contributed by atoms with E-state index in [2.05, 4.69) is 20.8 Å². The SMILES string of the molecule is CC(C)C1Oc2ccc(F)cc2C1C. The first-order chi connectivity index (χ1) is 6.59. The Morgan fingerprint density at radius 3 is 2.71 bits per heavy atom. The lowest BCUT2D eigenvalue weighted by molar-refractivity contribution is 0.158. The molecule has 0 aliphatic carbocycles. The lowest BCUT2D eigenvalue weighted by Crippen LogP contribution is -2.23. The normalized spacial score (nSPS) is 24.9. The molecule has 0 spiro atoms. The number of rotatable bonds is 1. The molecule has 0 radical (unpaired) electrons. The lowest BCUT2D eigenvalue weighted by atomic mass is 9.91. The predicted octanol–water partition coefficient (Wildman–Crippen LogP) is 3.35. The molecule has 0 bridgehead atoms.